The predicted molar refractivity (Wildman–Crippen MR) is 70.6 cm³/mol. The Hall–Kier alpha value is -0.640. The van der Waals surface area contributed by atoms with Crippen molar-refractivity contribution in [2.24, 2.45) is 17.8 Å². The molecule has 0 heterocycles. The van der Waals surface area contributed by atoms with Crippen molar-refractivity contribution in [2.45, 2.75) is 66.2 Å². The molecule has 2 unspecified atom stereocenters. The summed E-state index contributed by atoms with van der Waals surface area (Å²) >= 11 is 0. The van der Waals surface area contributed by atoms with Gasteiger partial charge >= 0.3 is 0 Å². The van der Waals surface area contributed by atoms with E-state index in [2.05, 4.69) is 33.6 Å². The van der Waals surface area contributed by atoms with Crippen molar-refractivity contribution in [2.75, 3.05) is 0 Å². The molecule has 1 N–H and O–H groups in total. The first-order valence-electron chi connectivity index (χ1n) is 6.70. The third kappa shape index (κ3) is 9.90. The lowest BCUT2D eigenvalue weighted by molar-refractivity contribution is 0.414. The van der Waals surface area contributed by atoms with Crippen LogP contribution in [0.5, 0.6) is 0 Å². The fraction of sp³-hybridized carbons (Fsp3) is 0.867. The molecule has 0 aliphatic rings. The van der Waals surface area contributed by atoms with E-state index in [-0.39, 0.29) is 0 Å². The molecule has 0 bridgehead atoms. The maximum atomic E-state index is 8.45. The zero-order valence-electron chi connectivity index (χ0n) is 11.4. The molecular formula is C15H28O. The van der Waals surface area contributed by atoms with Crippen LogP contribution < -0.4 is 0 Å². The highest BCUT2D eigenvalue weighted by molar-refractivity contribution is 4.94. The molecule has 0 aromatic rings. The fourth-order valence-corrected chi connectivity index (χ4v) is 1.97. The van der Waals surface area contributed by atoms with Crippen LogP contribution in [0, 0.1) is 29.8 Å². The van der Waals surface area contributed by atoms with E-state index in [1.807, 2.05) is 6.11 Å². The molecule has 0 amide bonds. The Balaban J connectivity index is 3.42. The van der Waals surface area contributed by atoms with Gasteiger partial charge in [-0.1, -0.05) is 65.7 Å². The van der Waals surface area contributed by atoms with Crippen molar-refractivity contribution in [3.05, 3.63) is 0 Å². The Bertz CT molecular complexity index is 209. The first kappa shape index (κ1) is 15.4. The van der Waals surface area contributed by atoms with Gasteiger partial charge in [0.15, 0.2) is 0 Å². The van der Waals surface area contributed by atoms with Crippen LogP contribution in [0.15, 0.2) is 0 Å². The molecule has 0 fully saturated rings. The highest BCUT2D eigenvalue weighted by Gasteiger charge is 2.04. The molecule has 0 aromatic heterocycles. The normalized spacial score (nSPS) is 14.3. The number of hydrogen-bond donors (Lipinski definition) is 1. The lowest BCUT2D eigenvalue weighted by atomic mass is 9.94. The Morgan fingerprint density at radius 3 is 1.94 bits per heavy atom. The Morgan fingerprint density at radius 2 is 1.44 bits per heavy atom. The van der Waals surface area contributed by atoms with E-state index in [4.69, 9.17) is 5.11 Å². The van der Waals surface area contributed by atoms with E-state index < -0.39 is 0 Å². The van der Waals surface area contributed by atoms with E-state index in [1.165, 1.54) is 32.1 Å². The van der Waals surface area contributed by atoms with E-state index in [0.29, 0.717) is 5.92 Å². The van der Waals surface area contributed by atoms with Crippen LogP contribution in [0.25, 0.3) is 0 Å². The summed E-state index contributed by atoms with van der Waals surface area (Å²) < 4.78 is 0. The summed E-state index contributed by atoms with van der Waals surface area (Å²) in [4.78, 5) is 0. The Labute approximate surface area is 102 Å². The second kappa shape index (κ2) is 9.58. The summed E-state index contributed by atoms with van der Waals surface area (Å²) in [5.74, 6) is 4.80. The standard InChI is InChI=1S/C15H28O/c1-13(2)7-5-8-14(3)9-6-10-15(4)11-12-16/h13-16H,5-10H2,1-4H3. The van der Waals surface area contributed by atoms with Crippen LogP contribution in [0.2, 0.25) is 0 Å². The number of aliphatic hydroxyl groups excluding tert-OH is 1. The van der Waals surface area contributed by atoms with Crippen LogP contribution in [0.4, 0.5) is 0 Å². The van der Waals surface area contributed by atoms with Gasteiger partial charge in [0.2, 0.25) is 0 Å². The van der Waals surface area contributed by atoms with Gasteiger partial charge in [0.25, 0.3) is 0 Å². The maximum absolute atomic E-state index is 8.45. The number of aliphatic hydroxyl groups is 1. The van der Waals surface area contributed by atoms with Gasteiger partial charge in [-0.05, 0) is 18.3 Å². The largest absolute Gasteiger partial charge is 0.462 e. The molecule has 1 nitrogen and oxygen atoms in total. The van der Waals surface area contributed by atoms with Crippen LogP contribution in [0.1, 0.15) is 66.2 Å². The first-order chi connectivity index (χ1) is 7.56. The minimum Gasteiger partial charge on any atom is -0.462 e. The van der Waals surface area contributed by atoms with Gasteiger partial charge in [0.1, 0.15) is 6.11 Å². The molecule has 16 heavy (non-hydrogen) atoms. The van der Waals surface area contributed by atoms with E-state index in [9.17, 15) is 0 Å². The molecule has 1 heteroatoms. The topological polar surface area (TPSA) is 20.2 Å². The molecule has 0 saturated heterocycles. The highest BCUT2D eigenvalue weighted by atomic mass is 16.2. The van der Waals surface area contributed by atoms with Gasteiger partial charge in [-0.15, -0.1) is 0 Å². The highest BCUT2D eigenvalue weighted by Crippen LogP contribution is 2.18. The summed E-state index contributed by atoms with van der Waals surface area (Å²) in [7, 11) is 0. The van der Waals surface area contributed by atoms with Crippen molar-refractivity contribution in [1.29, 1.82) is 0 Å². The third-order valence-corrected chi connectivity index (χ3v) is 3.12. The van der Waals surface area contributed by atoms with Crippen LogP contribution in [-0.2, 0) is 0 Å². The van der Waals surface area contributed by atoms with Crippen molar-refractivity contribution in [3.8, 4) is 12.0 Å². The first-order valence-corrected chi connectivity index (χ1v) is 6.70. The van der Waals surface area contributed by atoms with Gasteiger partial charge in [-0.25, -0.2) is 0 Å². The van der Waals surface area contributed by atoms with Crippen molar-refractivity contribution < 1.29 is 5.11 Å². The monoisotopic (exact) mass is 224 g/mol. The molecule has 0 saturated carbocycles. The Kier molecular flexibility index (Phi) is 9.19. The van der Waals surface area contributed by atoms with Crippen molar-refractivity contribution in [3.63, 3.8) is 0 Å². The molecule has 0 aliphatic heterocycles. The third-order valence-electron chi connectivity index (χ3n) is 3.12. The van der Waals surface area contributed by atoms with Crippen molar-refractivity contribution >= 4 is 0 Å². The molecule has 0 aliphatic carbocycles. The zero-order chi connectivity index (χ0) is 12.4. The van der Waals surface area contributed by atoms with E-state index in [1.54, 1.807) is 0 Å². The minimum atomic E-state index is 0.341. The van der Waals surface area contributed by atoms with Crippen molar-refractivity contribution in [1.82, 2.24) is 0 Å². The summed E-state index contributed by atoms with van der Waals surface area (Å²) in [5.41, 5.74) is 0. The van der Waals surface area contributed by atoms with Crippen LogP contribution >= 0.6 is 0 Å². The molecule has 0 aromatic carbocycles. The second-order valence-electron chi connectivity index (χ2n) is 5.52. The van der Waals surface area contributed by atoms with Crippen LogP contribution in [-0.4, -0.2) is 5.11 Å². The number of hydrogen-bond acceptors (Lipinski definition) is 1. The summed E-state index contributed by atoms with van der Waals surface area (Å²) in [6.45, 7) is 9.01. The zero-order valence-corrected chi connectivity index (χ0v) is 11.4. The summed E-state index contributed by atoms with van der Waals surface area (Å²) in [6.07, 6.45) is 9.73. The molecule has 94 valence electrons. The lowest BCUT2D eigenvalue weighted by Crippen LogP contribution is -1.98. The quantitative estimate of drug-likeness (QED) is 0.598. The average Bonchev–Trinajstić information content (AvgIpc) is 2.17. The fourth-order valence-electron chi connectivity index (χ4n) is 1.97. The maximum Gasteiger partial charge on any atom is 0.107 e. The molecule has 0 spiro atoms. The van der Waals surface area contributed by atoms with Gasteiger partial charge in [0.05, 0.1) is 0 Å². The molecule has 0 rings (SSSR count). The average molecular weight is 224 g/mol. The summed E-state index contributed by atoms with van der Waals surface area (Å²) in [5, 5.41) is 8.45. The van der Waals surface area contributed by atoms with Gasteiger partial charge in [-0.3, -0.25) is 0 Å². The number of rotatable bonds is 8. The molecule has 0 radical (unpaired) electrons. The van der Waals surface area contributed by atoms with Gasteiger partial charge in [-0.2, -0.15) is 0 Å². The van der Waals surface area contributed by atoms with Crippen LogP contribution in [0.3, 0.4) is 0 Å². The SMILES string of the molecule is CC(C)CCCC(C)CCCC(C)C#CO. The molecular weight excluding hydrogens is 196 g/mol. The Morgan fingerprint density at radius 1 is 0.875 bits per heavy atom. The van der Waals surface area contributed by atoms with Gasteiger partial charge < -0.3 is 5.11 Å². The molecule has 2 atom stereocenters. The minimum absolute atomic E-state index is 0.341. The summed E-state index contributed by atoms with van der Waals surface area (Å²) in [6, 6.07) is 0. The predicted octanol–water partition coefficient (Wildman–Crippen LogP) is 4.59. The second-order valence-corrected chi connectivity index (χ2v) is 5.52. The smallest absolute Gasteiger partial charge is 0.107 e. The van der Waals surface area contributed by atoms with Gasteiger partial charge in [0, 0.05) is 5.92 Å². The lowest BCUT2D eigenvalue weighted by Gasteiger charge is -2.12. The van der Waals surface area contributed by atoms with E-state index in [0.717, 1.165) is 18.3 Å². The van der Waals surface area contributed by atoms with E-state index >= 15 is 0 Å².